The Hall–Kier alpha value is -0.770. The van der Waals surface area contributed by atoms with Crippen molar-refractivity contribution in [3.8, 4) is 0 Å². The first-order chi connectivity index (χ1) is 6.95. The molecule has 0 spiro atoms. The third kappa shape index (κ3) is 4.08. The van der Waals surface area contributed by atoms with Crippen molar-refractivity contribution < 1.29 is 35.4 Å². The van der Waals surface area contributed by atoms with Crippen LogP contribution in [0.1, 0.15) is 0 Å². The van der Waals surface area contributed by atoms with Gasteiger partial charge < -0.3 is 36.0 Å². The number of carbonyl (C=O) groups is 1. The van der Waals surface area contributed by atoms with Crippen LogP contribution in [-0.2, 0) is 4.79 Å². The minimum atomic E-state index is -2.01. The van der Waals surface area contributed by atoms with E-state index in [1.807, 2.05) is 0 Å². The van der Waals surface area contributed by atoms with Gasteiger partial charge in [0.1, 0.15) is 25.0 Å². The second kappa shape index (κ2) is 6.67. The highest BCUT2D eigenvalue weighted by Gasteiger charge is 2.33. The lowest BCUT2D eigenvalue weighted by atomic mass is 10.0. The van der Waals surface area contributed by atoms with Gasteiger partial charge >= 0.3 is 0 Å². The van der Waals surface area contributed by atoms with Crippen LogP contribution in [0.4, 0.5) is 0 Å². The van der Waals surface area contributed by atoms with Gasteiger partial charge in [-0.15, -0.1) is 0 Å². The Kier molecular flexibility index (Phi) is 6.32. The molecule has 0 heterocycles. The molecule has 0 aliphatic rings. The number of nitrogens with one attached hydrogen (secondary N) is 1. The summed E-state index contributed by atoms with van der Waals surface area (Å²) in [6, 6.07) is 0. The Labute approximate surface area is 85.4 Å². The monoisotopic (exact) mass is 225 g/mol. The average molecular weight is 225 g/mol. The Balaban J connectivity index is 4.29. The van der Waals surface area contributed by atoms with Gasteiger partial charge in [-0.05, 0) is 0 Å². The van der Waals surface area contributed by atoms with Gasteiger partial charge in [-0.3, -0.25) is 4.79 Å². The molecule has 0 aromatic heterocycles. The van der Waals surface area contributed by atoms with Crippen molar-refractivity contribution >= 4 is 5.91 Å². The largest absolute Gasteiger partial charge is 0.394 e. The minimum Gasteiger partial charge on any atom is -0.394 e. The highest BCUT2D eigenvalue weighted by molar-refractivity contribution is 5.81. The Morgan fingerprint density at radius 1 is 1.07 bits per heavy atom. The fourth-order valence-electron chi connectivity index (χ4n) is 0.860. The Morgan fingerprint density at radius 3 is 2.00 bits per heavy atom. The maximum absolute atomic E-state index is 10.9. The average Bonchev–Trinajstić information content (AvgIpc) is 2.25. The maximum atomic E-state index is 10.9. The van der Waals surface area contributed by atoms with Crippen LogP contribution in [-0.4, -0.2) is 74.3 Å². The summed E-state index contributed by atoms with van der Waals surface area (Å²) < 4.78 is 0. The van der Waals surface area contributed by atoms with Gasteiger partial charge in [-0.25, -0.2) is 0 Å². The molecular formula is C7H15NO7. The Bertz CT molecular complexity index is 200. The van der Waals surface area contributed by atoms with Crippen molar-refractivity contribution in [1.29, 1.82) is 0 Å². The molecule has 15 heavy (non-hydrogen) atoms. The van der Waals surface area contributed by atoms with Crippen molar-refractivity contribution in [2.45, 2.75) is 24.4 Å². The van der Waals surface area contributed by atoms with Crippen molar-refractivity contribution in [2.24, 2.45) is 0 Å². The quantitative estimate of drug-likeness (QED) is 0.225. The summed E-state index contributed by atoms with van der Waals surface area (Å²) in [5.41, 5.74) is 0. The van der Waals surface area contributed by atoms with Crippen LogP contribution in [0.2, 0.25) is 0 Å². The predicted molar refractivity (Wildman–Crippen MR) is 46.3 cm³/mol. The summed E-state index contributed by atoms with van der Waals surface area (Å²) in [6.45, 7) is -1.56. The summed E-state index contributed by atoms with van der Waals surface area (Å²) in [6.07, 6.45) is -7.50. The minimum absolute atomic E-state index is 0.735. The van der Waals surface area contributed by atoms with Gasteiger partial charge in [0.25, 0.3) is 5.91 Å². The number of aliphatic hydroxyl groups is 6. The fraction of sp³-hybridized carbons (Fsp3) is 0.857. The van der Waals surface area contributed by atoms with E-state index >= 15 is 0 Å². The van der Waals surface area contributed by atoms with E-state index in [0.717, 1.165) is 0 Å². The number of carbonyl (C=O) groups excluding carboxylic acids is 1. The van der Waals surface area contributed by atoms with Crippen LogP contribution in [0.15, 0.2) is 0 Å². The molecule has 0 aliphatic carbocycles. The van der Waals surface area contributed by atoms with Crippen LogP contribution in [0.25, 0.3) is 0 Å². The van der Waals surface area contributed by atoms with Crippen LogP contribution in [0, 0.1) is 0 Å². The summed E-state index contributed by atoms with van der Waals surface area (Å²) in [4.78, 5) is 10.9. The molecule has 0 unspecified atom stereocenters. The smallest absolute Gasteiger partial charge is 0.253 e. The molecule has 0 fully saturated rings. The molecule has 0 saturated heterocycles. The number of amides is 1. The first-order valence-corrected chi connectivity index (χ1v) is 4.17. The molecular weight excluding hydrogens is 210 g/mol. The molecule has 4 atom stereocenters. The van der Waals surface area contributed by atoms with E-state index in [1.54, 1.807) is 5.32 Å². The molecule has 1 amide bonds. The third-order valence-corrected chi connectivity index (χ3v) is 1.78. The molecule has 0 aliphatic heterocycles. The molecule has 0 bridgehead atoms. The van der Waals surface area contributed by atoms with Crippen LogP contribution in [0.5, 0.6) is 0 Å². The van der Waals surface area contributed by atoms with Crippen molar-refractivity contribution in [1.82, 2.24) is 5.32 Å². The van der Waals surface area contributed by atoms with E-state index in [1.165, 1.54) is 0 Å². The predicted octanol–water partition coefficient (Wildman–Crippen LogP) is -4.51. The molecule has 0 rings (SSSR count). The SMILES string of the molecule is O=C(NCO)[C@H](O)[C@H](O)[C@@H](O)[C@H](O)CO. The van der Waals surface area contributed by atoms with E-state index in [9.17, 15) is 9.90 Å². The lowest BCUT2D eigenvalue weighted by Gasteiger charge is -2.24. The lowest BCUT2D eigenvalue weighted by molar-refractivity contribution is -0.149. The van der Waals surface area contributed by atoms with E-state index in [-0.39, 0.29) is 0 Å². The third-order valence-electron chi connectivity index (χ3n) is 1.78. The number of hydrogen-bond acceptors (Lipinski definition) is 7. The van der Waals surface area contributed by atoms with Crippen molar-refractivity contribution in [3.05, 3.63) is 0 Å². The van der Waals surface area contributed by atoms with Gasteiger partial charge in [0.15, 0.2) is 6.10 Å². The first kappa shape index (κ1) is 14.2. The maximum Gasteiger partial charge on any atom is 0.253 e. The molecule has 0 aromatic carbocycles. The summed E-state index contributed by atoms with van der Waals surface area (Å²) in [7, 11) is 0. The topological polar surface area (TPSA) is 150 Å². The molecule has 8 nitrogen and oxygen atoms in total. The van der Waals surface area contributed by atoms with Crippen LogP contribution in [0.3, 0.4) is 0 Å². The number of aliphatic hydroxyl groups excluding tert-OH is 6. The zero-order valence-corrected chi connectivity index (χ0v) is 7.82. The van der Waals surface area contributed by atoms with E-state index < -0.39 is 43.7 Å². The lowest BCUT2D eigenvalue weighted by Crippen LogP contribution is -2.51. The van der Waals surface area contributed by atoms with Gasteiger partial charge in [-0.1, -0.05) is 0 Å². The second-order valence-electron chi connectivity index (χ2n) is 2.88. The van der Waals surface area contributed by atoms with Crippen LogP contribution >= 0.6 is 0 Å². The normalized spacial score (nSPS) is 19.1. The van der Waals surface area contributed by atoms with E-state index in [4.69, 9.17) is 25.5 Å². The van der Waals surface area contributed by atoms with Gasteiger partial charge in [0.2, 0.25) is 0 Å². The zero-order chi connectivity index (χ0) is 12.0. The zero-order valence-electron chi connectivity index (χ0n) is 7.82. The Morgan fingerprint density at radius 2 is 1.60 bits per heavy atom. The molecule has 0 saturated carbocycles. The van der Waals surface area contributed by atoms with E-state index in [0.29, 0.717) is 0 Å². The van der Waals surface area contributed by atoms with Crippen molar-refractivity contribution in [3.63, 3.8) is 0 Å². The molecule has 8 heteroatoms. The first-order valence-electron chi connectivity index (χ1n) is 4.17. The highest BCUT2D eigenvalue weighted by atomic mass is 16.4. The summed E-state index contributed by atoms with van der Waals surface area (Å²) in [5.74, 6) is -1.10. The summed E-state index contributed by atoms with van der Waals surface area (Å²) >= 11 is 0. The fourth-order valence-corrected chi connectivity index (χ4v) is 0.860. The van der Waals surface area contributed by atoms with Gasteiger partial charge in [-0.2, -0.15) is 0 Å². The van der Waals surface area contributed by atoms with E-state index in [2.05, 4.69) is 0 Å². The van der Waals surface area contributed by atoms with Gasteiger partial charge in [0, 0.05) is 0 Å². The standard InChI is InChI=1S/C7H15NO7/c9-1-3(11)4(12)5(13)6(14)7(15)8-2-10/h3-6,9-14H,1-2H2,(H,8,15)/t3-,4+,5-,6-/m1/s1. The molecule has 0 aromatic rings. The number of hydrogen-bond donors (Lipinski definition) is 7. The highest BCUT2D eigenvalue weighted by Crippen LogP contribution is 2.05. The second-order valence-corrected chi connectivity index (χ2v) is 2.88. The molecule has 0 radical (unpaired) electrons. The molecule has 90 valence electrons. The van der Waals surface area contributed by atoms with Crippen molar-refractivity contribution in [2.75, 3.05) is 13.3 Å². The molecule has 7 N–H and O–H groups in total. The summed E-state index contributed by atoms with van der Waals surface area (Å²) in [5, 5.41) is 54.8. The number of rotatable bonds is 6. The van der Waals surface area contributed by atoms with Gasteiger partial charge in [0.05, 0.1) is 6.61 Å². The van der Waals surface area contributed by atoms with Crippen LogP contribution < -0.4 is 5.32 Å².